The summed E-state index contributed by atoms with van der Waals surface area (Å²) in [6.07, 6.45) is 4.63. The van der Waals surface area contributed by atoms with Gasteiger partial charge in [-0.3, -0.25) is 14.5 Å². The van der Waals surface area contributed by atoms with Crippen LogP contribution in [0.2, 0.25) is 5.02 Å². The lowest BCUT2D eigenvalue weighted by Crippen LogP contribution is -2.29. The molecule has 0 aromatic heterocycles. The van der Waals surface area contributed by atoms with Crippen LogP contribution in [0.1, 0.15) is 30.0 Å². The smallest absolute Gasteiger partial charge is 0.293 e. The van der Waals surface area contributed by atoms with Gasteiger partial charge >= 0.3 is 0 Å². The van der Waals surface area contributed by atoms with Crippen molar-refractivity contribution in [1.29, 1.82) is 0 Å². The number of hydrogen-bond donors (Lipinski definition) is 0. The Bertz CT molecular complexity index is 1080. The lowest BCUT2D eigenvalue weighted by Gasteiger charge is -2.17. The third kappa shape index (κ3) is 6.44. The molecule has 8 heteroatoms. The molecule has 0 saturated carbocycles. The predicted octanol–water partition coefficient (Wildman–Crippen LogP) is 6.12. The summed E-state index contributed by atoms with van der Waals surface area (Å²) in [7, 11) is 1.59. The first-order chi connectivity index (χ1) is 16.5. The number of carbonyl (C=O) groups excluding carboxylic acids is 2. The Morgan fingerprint density at radius 2 is 1.94 bits per heavy atom. The highest BCUT2D eigenvalue weighted by Crippen LogP contribution is 2.38. The van der Waals surface area contributed by atoms with E-state index in [2.05, 4.69) is 6.58 Å². The van der Waals surface area contributed by atoms with Crippen LogP contribution in [-0.4, -0.2) is 42.9 Å². The first kappa shape index (κ1) is 25.9. The normalized spacial score (nSPS) is 14.7. The molecule has 6 nitrogen and oxygen atoms in total. The number of methoxy groups -OCH3 is 1. The van der Waals surface area contributed by atoms with Gasteiger partial charge < -0.3 is 14.2 Å². The van der Waals surface area contributed by atoms with Gasteiger partial charge in [-0.2, -0.15) is 0 Å². The van der Waals surface area contributed by atoms with Crippen LogP contribution >= 0.6 is 23.4 Å². The number of benzene rings is 2. The third-order valence-electron chi connectivity index (χ3n) is 5.05. The number of thioether (sulfide) groups is 1. The topological polar surface area (TPSA) is 65.1 Å². The van der Waals surface area contributed by atoms with E-state index in [1.807, 2.05) is 43.3 Å². The van der Waals surface area contributed by atoms with Crippen LogP contribution in [0.5, 0.6) is 11.5 Å². The Balaban J connectivity index is 1.90. The maximum atomic E-state index is 12.8. The van der Waals surface area contributed by atoms with Gasteiger partial charge in [-0.25, -0.2) is 0 Å². The van der Waals surface area contributed by atoms with Crippen molar-refractivity contribution >= 4 is 40.6 Å². The summed E-state index contributed by atoms with van der Waals surface area (Å²) in [6, 6.07) is 11.2. The van der Waals surface area contributed by atoms with E-state index in [0.29, 0.717) is 54.0 Å². The number of imide groups is 1. The van der Waals surface area contributed by atoms with Gasteiger partial charge in [0.1, 0.15) is 6.61 Å². The van der Waals surface area contributed by atoms with E-state index < -0.39 is 0 Å². The van der Waals surface area contributed by atoms with E-state index in [1.54, 1.807) is 19.3 Å². The average molecular weight is 502 g/mol. The molecule has 2 amide bonds. The summed E-state index contributed by atoms with van der Waals surface area (Å²) in [6.45, 7) is 7.28. The Kier molecular flexibility index (Phi) is 9.62. The molecule has 0 spiro atoms. The summed E-state index contributed by atoms with van der Waals surface area (Å²) >= 11 is 7.22. The quantitative estimate of drug-likeness (QED) is 0.198. The van der Waals surface area contributed by atoms with Gasteiger partial charge in [0.25, 0.3) is 11.1 Å². The van der Waals surface area contributed by atoms with Crippen LogP contribution in [0.4, 0.5) is 4.79 Å². The molecule has 0 N–H and O–H groups in total. The molecule has 1 fully saturated rings. The zero-order chi connectivity index (χ0) is 24.5. The van der Waals surface area contributed by atoms with E-state index >= 15 is 0 Å². The van der Waals surface area contributed by atoms with Crippen LogP contribution in [0.25, 0.3) is 6.08 Å². The van der Waals surface area contributed by atoms with Gasteiger partial charge in [0, 0.05) is 36.4 Å². The SMILES string of the molecule is C=CCc1cc(/C=C2/SC(=O)N(CCCOC)C2=O)cc(OCC)c1OCc1ccccc1Cl. The Morgan fingerprint density at radius 3 is 2.65 bits per heavy atom. The van der Waals surface area contributed by atoms with Crippen molar-refractivity contribution < 1.29 is 23.8 Å². The van der Waals surface area contributed by atoms with Gasteiger partial charge in [-0.05, 0) is 61.4 Å². The standard InChI is InChI=1S/C26H28ClNO5S/c1-4-9-19-14-18(16-23-25(29)28(26(30)34-23)12-8-13-31-3)15-22(32-5-2)24(19)33-17-20-10-6-7-11-21(20)27/h4,6-7,10-11,14-16H,1,5,8-9,12-13,17H2,2-3H3/b23-16+. The molecule has 0 bridgehead atoms. The van der Waals surface area contributed by atoms with Gasteiger partial charge in [-0.15, -0.1) is 6.58 Å². The summed E-state index contributed by atoms with van der Waals surface area (Å²) < 4.78 is 17.0. The summed E-state index contributed by atoms with van der Waals surface area (Å²) in [5, 5.41) is 0.354. The molecule has 0 radical (unpaired) electrons. The molecule has 3 rings (SSSR count). The molecule has 1 aliphatic rings. The number of rotatable bonds is 12. The number of ether oxygens (including phenoxy) is 3. The van der Waals surface area contributed by atoms with Crippen LogP contribution < -0.4 is 9.47 Å². The second kappa shape index (κ2) is 12.6. The van der Waals surface area contributed by atoms with E-state index in [0.717, 1.165) is 28.5 Å². The molecular weight excluding hydrogens is 474 g/mol. The number of carbonyl (C=O) groups is 2. The molecule has 0 unspecified atom stereocenters. The predicted molar refractivity (Wildman–Crippen MR) is 136 cm³/mol. The van der Waals surface area contributed by atoms with E-state index in [4.69, 9.17) is 25.8 Å². The molecule has 1 saturated heterocycles. The van der Waals surface area contributed by atoms with Crippen LogP contribution in [0, 0.1) is 0 Å². The van der Waals surface area contributed by atoms with Crippen molar-refractivity contribution in [2.24, 2.45) is 0 Å². The first-order valence-corrected chi connectivity index (χ1v) is 12.2. The maximum Gasteiger partial charge on any atom is 0.293 e. The highest BCUT2D eigenvalue weighted by atomic mass is 35.5. The zero-order valence-corrected chi connectivity index (χ0v) is 20.9. The number of hydrogen-bond acceptors (Lipinski definition) is 6. The van der Waals surface area contributed by atoms with Crippen molar-refractivity contribution in [3.63, 3.8) is 0 Å². The van der Waals surface area contributed by atoms with Crippen LogP contribution in [0.15, 0.2) is 54.0 Å². The number of allylic oxidation sites excluding steroid dienone is 1. The molecular formula is C26H28ClNO5S. The fraction of sp³-hybridized carbons (Fsp3) is 0.308. The summed E-state index contributed by atoms with van der Waals surface area (Å²) in [5.41, 5.74) is 2.47. The second-order valence-corrected chi connectivity index (χ2v) is 8.89. The summed E-state index contributed by atoms with van der Waals surface area (Å²) in [4.78, 5) is 26.8. The molecule has 0 aliphatic carbocycles. The monoisotopic (exact) mass is 501 g/mol. The van der Waals surface area contributed by atoms with Crippen molar-refractivity contribution in [3.8, 4) is 11.5 Å². The van der Waals surface area contributed by atoms with Gasteiger partial charge in [0.05, 0.1) is 11.5 Å². The molecule has 180 valence electrons. The Labute approximate surface area is 209 Å². The van der Waals surface area contributed by atoms with Crippen molar-refractivity contribution in [3.05, 3.63) is 75.7 Å². The maximum absolute atomic E-state index is 12.8. The minimum Gasteiger partial charge on any atom is -0.490 e. The fourth-order valence-electron chi connectivity index (χ4n) is 3.48. The summed E-state index contributed by atoms with van der Waals surface area (Å²) in [5.74, 6) is 0.861. The second-order valence-electron chi connectivity index (χ2n) is 7.49. The number of halogens is 1. The van der Waals surface area contributed by atoms with Crippen LogP contribution in [0.3, 0.4) is 0 Å². The Morgan fingerprint density at radius 1 is 1.15 bits per heavy atom. The van der Waals surface area contributed by atoms with Crippen molar-refractivity contribution in [1.82, 2.24) is 4.90 Å². The lowest BCUT2D eigenvalue weighted by molar-refractivity contribution is -0.122. The molecule has 2 aromatic rings. The van der Waals surface area contributed by atoms with E-state index in [-0.39, 0.29) is 17.8 Å². The molecule has 34 heavy (non-hydrogen) atoms. The van der Waals surface area contributed by atoms with Gasteiger partial charge in [0.2, 0.25) is 0 Å². The minimum absolute atomic E-state index is 0.275. The third-order valence-corrected chi connectivity index (χ3v) is 6.33. The van der Waals surface area contributed by atoms with Gasteiger partial charge in [-0.1, -0.05) is 35.9 Å². The average Bonchev–Trinajstić information content (AvgIpc) is 3.07. The Hall–Kier alpha value is -2.74. The largest absolute Gasteiger partial charge is 0.490 e. The highest BCUT2D eigenvalue weighted by Gasteiger charge is 2.34. The highest BCUT2D eigenvalue weighted by molar-refractivity contribution is 8.18. The lowest BCUT2D eigenvalue weighted by atomic mass is 10.0. The number of nitrogens with zero attached hydrogens (tertiary/aromatic N) is 1. The number of amides is 2. The van der Waals surface area contributed by atoms with Gasteiger partial charge in [0.15, 0.2) is 11.5 Å². The van der Waals surface area contributed by atoms with Crippen molar-refractivity contribution in [2.75, 3.05) is 26.9 Å². The van der Waals surface area contributed by atoms with Crippen molar-refractivity contribution in [2.45, 2.75) is 26.4 Å². The van der Waals surface area contributed by atoms with E-state index in [9.17, 15) is 9.59 Å². The molecule has 0 atom stereocenters. The minimum atomic E-state index is -0.298. The zero-order valence-electron chi connectivity index (χ0n) is 19.3. The first-order valence-electron chi connectivity index (χ1n) is 11.0. The van der Waals surface area contributed by atoms with E-state index in [1.165, 1.54) is 4.90 Å². The molecule has 1 heterocycles. The van der Waals surface area contributed by atoms with Crippen LogP contribution in [-0.2, 0) is 22.6 Å². The fourth-order valence-corrected chi connectivity index (χ4v) is 4.53. The molecule has 2 aromatic carbocycles. The molecule has 1 aliphatic heterocycles.